The van der Waals surface area contributed by atoms with E-state index in [1.165, 1.54) is 24.3 Å². The van der Waals surface area contributed by atoms with E-state index in [-0.39, 0.29) is 17.2 Å². The molecule has 2 N–H and O–H groups in total. The Labute approximate surface area is 158 Å². The highest BCUT2D eigenvalue weighted by Gasteiger charge is 2.53. The van der Waals surface area contributed by atoms with Crippen LogP contribution in [0.3, 0.4) is 0 Å². The second-order valence-electron chi connectivity index (χ2n) is 6.42. The molecule has 28 heavy (non-hydrogen) atoms. The van der Waals surface area contributed by atoms with Crippen LogP contribution in [0.15, 0.2) is 60.7 Å². The predicted octanol–water partition coefficient (Wildman–Crippen LogP) is 4.02. The van der Waals surface area contributed by atoms with Crippen LogP contribution in [0.4, 0.5) is 4.79 Å². The first-order valence-corrected chi connectivity index (χ1v) is 8.38. The van der Waals surface area contributed by atoms with E-state index >= 15 is 0 Å². The Morgan fingerprint density at radius 1 is 0.929 bits per heavy atom. The quantitative estimate of drug-likeness (QED) is 0.488. The first-order valence-electron chi connectivity index (χ1n) is 8.38. The lowest BCUT2D eigenvalue weighted by Crippen LogP contribution is -2.33. The van der Waals surface area contributed by atoms with Gasteiger partial charge in [0.15, 0.2) is 5.60 Å². The zero-order chi connectivity index (χ0) is 19.5. The number of fused-ring (bicyclic) bond motifs is 6. The predicted molar refractivity (Wildman–Crippen MR) is 95.0 cm³/mol. The van der Waals surface area contributed by atoms with E-state index in [0.29, 0.717) is 28.0 Å². The van der Waals surface area contributed by atoms with Crippen molar-refractivity contribution >= 4 is 12.1 Å². The molecule has 0 fully saturated rings. The van der Waals surface area contributed by atoms with E-state index in [2.05, 4.69) is 0 Å². The van der Waals surface area contributed by atoms with Crippen LogP contribution in [-0.4, -0.2) is 22.3 Å². The van der Waals surface area contributed by atoms with E-state index < -0.39 is 17.7 Å². The largest absolute Gasteiger partial charge is 0.511 e. The zero-order valence-corrected chi connectivity index (χ0v) is 14.2. The van der Waals surface area contributed by atoms with Gasteiger partial charge in [-0.3, -0.25) is 0 Å². The van der Waals surface area contributed by atoms with Gasteiger partial charge in [-0.1, -0.05) is 18.2 Å². The van der Waals surface area contributed by atoms with Crippen LogP contribution in [0.5, 0.6) is 23.0 Å². The van der Waals surface area contributed by atoms with Gasteiger partial charge in [0.1, 0.15) is 23.0 Å². The van der Waals surface area contributed by atoms with Gasteiger partial charge in [-0.25, -0.2) is 9.59 Å². The van der Waals surface area contributed by atoms with Gasteiger partial charge in [0.2, 0.25) is 0 Å². The summed E-state index contributed by atoms with van der Waals surface area (Å²) in [7, 11) is 0. The van der Waals surface area contributed by atoms with E-state index in [0.717, 1.165) is 0 Å². The van der Waals surface area contributed by atoms with Gasteiger partial charge in [-0.2, -0.15) is 0 Å². The highest BCUT2D eigenvalue weighted by atomic mass is 16.7. The van der Waals surface area contributed by atoms with Crippen molar-refractivity contribution in [3.05, 3.63) is 82.9 Å². The molecular formula is C21H12O7. The number of carboxylic acid groups (broad SMARTS) is 1. The van der Waals surface area contributed by atoms with Crippen molar-refractivity contribution in [3.63, 3.8) is 0 Å². The van der Waals surface area contributed by atoms with Gasteiger partial charge in [0, 0.05) is 28.8 Å². The monoisotopic (exact) mass is 376 g/mol. The van der Waals surface area contributed by atoms with Crippen molar-refractivity contribution < 1.29 is 34.0 Å². The van der Waals surface area contributed by atoms with Gasteiger partial charge < -0.3 is 24.4 Å². The second kappa shape index (κ2) is 5.50. The first kappa shape index (κ1) is 16.2. The van der Waals surface area contributed by atoms with Gasteiger partial charge in [0.25, 0.3) is 0 Å². The molecule has 2 aliphatic heterocycles. The Morgan fingerprint density at radius 3 is 2.43 bits per heavy atom. The Bertz CT molecular complexity index is 1170. The summed E-state index contributed by atoms with van der Waals surface area (Å²) in [6.45, 7) is 0. The molecule has 1 spiro atoms. The number of carbonyl (C=O) groups is 2. The Morgan fingerprint density at radius 2 is 1.64 bits per heavy atom. The van der Waals surface area contributed by atoms with Crippen LogP contribution in [0.2, 0.25) is 0 Å². The molecule has 3 aromatic rings. The van der Waals surface area contributed by atoms with Gasteiger partial charge in [0.05, 0.1) is 5.56 Å². The Kier molecular flexibility index (Phi) is 3.18. The standard InChI is InChI=1S/C21H12O7/c22-11-5-7-15-17(9-11)27-18-10-12(26-20(24)25)6-8-16(18)21(15)14-4-2-1-3-13(14)19(23)28-21/h1-10,22H,(H,24,25). The van der Waals surface area contributed by atoms with Crippen LogP contribution in [-0.2, 0) is 10.3 Å². The zero-order valence-electron chi connectivity index (χ0n) is 14.2. The number of aromatic hydroxyl groups is 1. The third kappa shape index (κ3) is 2.10. The van der Waals surface area contributed by atoms with Gasteiger partial charge in [-0.05, 0) is 30.3 Å². The summed E-state index contributed by atoms with van der Waals surface area (Å²) in [5.41, 5.74) is 0.889. The van der Waals surface area contributed by atoms with E-state index in [1.807, 2.05) is 0 Å². The number of benzene rings is 3. The molecule has 7 nitrogen and oxygen atoms in total. The SMILES string of the molecule is O=C(O)Oc1ccc2c(c1)Oc1cc(O)ccc1C21OC(=O)c2ccccc21. The molecule has 3 aromatic carbocycles. The summed E-state index contributed by atoms with van der Waals surface area (Å²) in [5.74, 6) is 0.120. The van der Waals surface area contributed by atoms with Crippen molar-refractivity contribution in [1.82, 2.24) is 0 Å². The Balaban J connectivity index is 1.81. The van der Waals surface area contributed by atoms with Crippen LogP contribution in [0, 0.1) is 0 Å². The number of rotatable bonds is 1. The number of hydrogen-bond donors (Lipinski definition) is 2. The summed E-state index contributed by atoms with van der Waals surface area (Å²) in [6.07, 6.45) is -1.46. The van der Waals surface area contributed by atoms with E-state index in [4.69, 9.17) is 19.3 Å². The number of phenols is 1. The number of ether oxygens (including phenoxy) is 3. The van der Waals surface area contributed by atoms with Crippen LogP contribution in [0.25, 0.3) is 0 Å². The lowest BCUT2D eigenvalue weighted by Gasteiger charge is -2.36. The van der Waals surface area contributed by atoms with Gasteiger partial charge >= 0.3 is 12.1 Å². The highest BCUT2D eigenvalue weighted by Crippen LogP contribution is 2.56. The molecule has 0 saturated carbocycles. The average Bonchev–Trinajstić information content (AvgIpc) is 2.95. The highest BCUT2D eigenvalue weighted by molar-refractivity contribution is 5.97. The molecule has 0 saturated heterocycles. The molecule has 1 atom stereocenters. The smallest absolute Gasteiger partial charge is 0.508 e. The lowest BCUT2D eigenvalue weighted by molar-refractivity contribution is 0.0224. The first-order chi connectivity index (χ1) is 13.5. The van der Waals surface area contributed by atoms with Crippen molar-refractivity contribution in [2.45, 2.75) is 5.60 Å². The van der Waals surface area contributed by atoms with Crippen molar-refractivity contribution in [1.29, 1.82) is 0 Å². The fraction of sp³-hybridized carbons (Fsp3) is 0.0476. The van der Waals surface area contributed by atoms with Crippen LogP contribution >= 0.6 is 0 Å². The maximum absolute atomic E-state index is 12.6. The van der Waals surface area contributed by atoms with Crippen LogP contribution < -0.4 is 9.47 Å². The minimum absolute atomic E-state index is 0.0205. The summed E-state index contributed by atoms with van der Waals surface area (Å²) in [5, 5.41) is 18.8. The molecule has 5 rings (SSSR count). The molecular weight excluding hydrogens is 364 g/mol. The minimum atomic E-state index is -1.46. The molecule has 2 aliphatic rings. The third-order valence-electron chi connectivity index (χ3n) is 4.87. The third-order valence-corrected chi connectivity index (χ3v) is 4.87. The molecule has 0 radical (unpaired) electrons. The molecule has 1 unspecified atom stereocenters. The van der Waals surface area contributed by atoms with Crippen LogP contribution in [0.1, 0.15) is 27.0 Å². The Hall–Kier alpha value is -4.00. The maximum atomic E-state index is 12.6. The molecule has 0 amide bonds. The van der Waals surface area contributed by atoms with Crippen molar-refractivity contribution in [2.24, 2.45) is 0 Å². The lowest BCUT2D eigenvalue weighted by atomic mass is 9.77. The van der Waals surface area contributed by atoms with Gasteiger partial charge in [-0.15, -0.1) is 0 Å². The molecule has 138 valence electrons. The summed E-state index contributed by atoms with van der Waals surface area (Å²) >= 11 is 0. The molecule has 7 heteroatoms. The summed E-state index contributed by atoms with van der Waals surface area (Å²) in [6, 6.07) is 16.1. The van der Waals surface area contributed by atoms with E-state index in [9.17, 15) is 14.7 Å². The molecule has 0 aliphatic carbocycles. The van der Waals surface area contributed by atoms with Crippen molar-refractivity contribution in [2.75, 3.05) is 0 Å². The molecule has 0 aromatic heterocycles. The topological polar surface area (TPSA) is 102 Å². The fourth-order valence-corrected chi connectivity index (χ4v) is 3.81. The average molecular weight is 376 g/mol. The molecule has 2 heterocycles. The normalized spacial score (nSPS) is 18.5. The van der Waals surface area contributed by atoms with E-state index in [1.54, 1.807) is 36.4 Å². The number of esters is 1. The number of carbonyl (C=O) groups excluding carboxylic acids is 1. The maximum Gasteiger partial charge on any atom is 0.511 e. The second-order valence-corrected chi connectivity index (χ2v) is 6.42. The fourth-order valence-electron chi connectivity index (χ4n) is 3.81. The summed E-state index contributed by atoms with van der Waals surface area (Å²) < 4.78 is 16.5. The summed E-state index contributed by atoms with van der Waals surface area (Å²) in [4.78, 5) is 23.5. The number of hydrogen-bond acceptors (Lipinski definition) is 6. The minimum Gasteiger partial charge on any atom is -0.508 e. The number of phenolic OH excluding ortho intramolecular Hbond substituents is 1. The van der Waals surface area contributed by atoms with Crippen molar-refractivity contribution in [3.8, 4) is 23.0 Å². The molecule has 0 bridgehead atoms.